The highest BCUT2D eigenvalue weighted by molar-refractivity contribution is 6.35. The third-order valence-corrected chi connectivity index (χ3v) is 6.79. The number of hydrogen-bond donors (Lipinski definition) is 0. The molecule has 0 atom stereocenters. The van der Waals surface area contributed by atoms with Crippen LogP contribution in [-0.2, 0) is 9.59 Å². The van der Waals surface area contributed by atoms with Crippen molar-refractivity contribution in [1.29, 1.82) is 0 Å². The van der Waals surface area contributed by atoms with E-state index in [-0.39, 0.29) is 11.6 Å². The summed E-state index contributed by atoms with van der Waals surface area (Å²) in [6, 6.07) is 6.37. The van der Waals surface area contributed by atoms with Gasteiger partial charge in [0.05, 0.1) is 5.70 Å². The number of nitrogens with zero attached hydrogens (tertiary/aromatic N) is 4. The molecular formula is C26H29BN4O2. The van der Waals surface area contributed by atoms with Crippen LogP contribution in [0.2, 0.25) is 0 Å². The van der Waals surface area contributed by atoms with E-state index in [2.05, 4.69) is 45.7 Å². The van der Waals surface area contributed by atoms with Crippen LogP contribution < -0.4 is 5.46 Å². The van der Waals surface area contributed by atoms with Crippen molar-refractivity contribution in [3.05, 3.63) is 70.5 Å². The Kier molecular flexibility index (Phi) is 5.35. The first-order valence-corrected chi connectivity index (χ1v) is 11.6. The molecule has 3 fully saturated rings. The Hall–Kier alpha value is -3.35. The first kappa shape index (κ1) is 21.5. The Balaban J connectivity index is 0.000000139. The van der Waals surface area contributed by atoms with Gasteiger partial charge in [-0.1, -0.05) is 23.2 Å². The predicted molar refractivity (Wildman–Crippen MR) is 132 cm³/mol. The fourth-order valence-corrected chi connectivity index (χ4v) is 4.51. The number of hydrogen-bond acceptors (Lipinski definition) is 6. The van der Waals surface area contributed by atoms with Gasteiger partial charge in [-0.3, -0.25) is 14.6 Å². The molecule has 0 amide bonds. The van der Waals surface area contributed by atoms with Crippen LogP contribution in [0.15, 0.2) is 53.8 Å². The summed E-state index contributed by atoms with van der Waals surface area (Å²) in [5.74, 6) is 0.0485. The number of Topliss-reactive ketones (excluding diaryl/α,β-unsaturated/α-hetero) is 1. The highest BCUT2D eigenvalue weighted by Gasteiger charge is 2.43. The van der Waals surface area contributed by atoms with Crippen molar-refractivity contribution in [3.8, 4) is 11.1 Å². The number of aromatic nitrogens is 1. The Morgan fingerprint density at radius 3 is 2.09 bits per heavy atom. The lowest BCUT2D eigenvalue weighted by molar-refractivity contribution is -0.117. The average Bonchev–Trinajstić information content (AvgIpc) is 3.63. The van der Waals surface area contributed by atoms with Crippen molar-refractivity contribution >= 4 is 24.9 Å². The Morgan fingerprint density at radius 1 is 0.879 bits per heavy atom. The lowest BCUT2D eigenvalue weighted by atomic mass is 9.81. The molecule has 168 valence electrons. The first-order valence-electron chi connectivity index (χ1n) is 11.6. The minimum atomic E-state index is 0.00546. The van der Waals surface area contributed by atoms with E-state index in [4.69, 9.17) is 0 Å². The third kappa shape index (κ3) is 4.20. The number of ketones is 2. The van der Waals surface area contributed by atoms with Crippen LogP contribution >= 0.6 is 0 Å². The molecule has 4 aliphatic rings. The fourth-order valence-electron chi connectivity index (χ4n) is 4.51. The van der Waals surface area contributed by atoms with Crippen LogP contribution in [-0.4, -0.2) is 78.4 Å². The molecule has 0 bridgehead atoms. The van der Waals surface area contributed by atoms with Gasteiger partial charge in [-0.05, 0) is 43.5 Å². The zero-order chi connectivity index (χ0) is 23.3. The Morgan fingerprint density at radius 2 is 1.52 bits per heavy atom. The number of aryl methyl sites for hydroxylation is 2. The van der Waals surface area contributed by atoms with Crippen molar-refractivity contribution in [2.45, 2.75) is 20.8 Å². The summed E-state index contributed by atoms with van der Waals surface area (Å²) in [7, 11) is 2.18. The van der Waals surface area contributed by atoms with Gasteiger partial charge in [0.2, 0.25) is 11.6 Å². The van der Waals surface area contributed by atoms with Gasteiger partial charge in [0.25, 0.3) is 0 Å². The highest BCUT2D eigenvalue weighted by atomic mass is 16.1. The maximum Gasteiger partial charge on any atom is 0.227 e. The maximum absolute atomic E-state index is 12.4. The van der Waals surface area contributed by atoms with Crippen molar-refractivity contribution in [2.24, 2.45) is 0 Å². The van der Waals surface area contributed by atoms with Crippen LogP contribution in [0, 0.1) is 20.8 Å². The molecule has 6 nitrogen and oxygen atoms in total. The second-order valence-electron chi connectivity index (χ2n) is 9.26. The van der Waals surface area contributed by atoms with E-state index < -0.39 is 0 Å². The average molecular weight is 440 g/mol. The van der Waals surface area contributed by atoms with E-state index >= 15 is 0 Å². The summed E-state index contributed by atoms with van der Waals surface area (Å²) in [5.41, 5.74) is 9.86. The SMILES string of the molecule is Bc1c(C)cc(C)c(-c2cccnc2)c1C.O=C1C=C(N2CC2)C(=O)C(N2CC2)=C1N1CC1. The minimum Gasteiger partial charge on any atom is -0.365 e. The second kappa shape index (κ2) is 8.21. The third-order valence-electron chi connectivity index (χ3n) is 6.79. The molecule has 0 N–H and O–H groups in total. The van der Waals surface area contributed by atoms with Crippen LogP contribution in [0.4, 0.5) is 0 Å². The van der Waals surface area contributed by atoms with E-state index in [1.807, 2.05) is 33.2 Å². The molecule has 0 saturated carbocycles. The second-order valence-corrected chi connectivity index (χ2v) is 9.26. The molecule has 33 heavy (non-hydrogen) atoms. The zero-order valence-corrected chi connectivity index (χ0v) is 19.8. The Labute approximate surface area is 196 Å². The summed E-state index contributed by atoms with van der Waals surface area (Å²) in [6.45, 7) is 11.9. The maximum atomic E-state index is 12.4. The number of pyridine rings is 1. The number of carbonyl (C=O) groups is 2. The quantitative estimate of drug-likeness (QED) is 0.404. The monoisotopic (exact) mass is 440 g/mol. The van der Waals surface area contributed by atoms with E-state index in [1.165, 1.54) is 39.4 Å². The summed E-state index contributed by atoms with van der Waals surface area (Å²) < 4.78 is 0. The van der Waals surface area contributed by atoms with Crippen LogP contribution in [0.25, 0.3) is 11.1 Å². The van der Waals surface area contributed by atoms with E-state index in [0.29, 0.717) is 17.1 Å². The molecule has 3 saturated heterocycles. The van der Waals surface area contributed by atoms with Gasteiger partial charge in [0, 0.05) is 63.3 Å². The molecule has 7 heteroatoms. The molecule has 0 unspecified atom stereocenters. The molecule has 0 spiro atoms. The normalized spacial score (nSPS) is 18.8. The molecule has 0 radical (unpaired) electrons. The summed E-state index contributed by atoms with van der Waals surface area (Å²) >= 11 is 0. The van der Waals surface area contributed by atoms with Gasteiger partial charge in [-0.2, -0.15) is 0 Å². The number of benzene rings is 1. The van der Waals surface area contributed by atoms with Crippen LogP contribution in [0.5, 0.6) is 0 Å². The first-order chi connectivity index (χ1) is 15.9. The molecule has 6 rings (SSSR count). The molecule has 1 aromatic heterocycles. The molecule has 1 aliphatic carbocycles. The van der Waals surface area contributed by atoms with Crippen molar-refractivity contribution in [3.63, 3.8) is 0 Å². The number of allylic oxidation sites excluding steroid dienone is 1. The largest absolute Gasteiger partial charge is 0.365 e. The van der Waals surface area contributed by atoms with Gasteiger partial charge < -0.3 is 14.7 Å². The van der Waals surface area contributed by atoms with Gasteiger partial charge in [-0.25, -0.2) is 0 Å². The topological polar surface area (TPSA) is 56.1 Å². The van der Waals surface area contributed by atoms with Gasteiger partial charge >= 0.3 is 0 Å². The standard InChI is InChI=1S/C14H16BN.C12H13N3O2/c1-9-7-10(2)14(15)11(3)13(9)12-5-4-6-16-8-12;16-9-7-8(13-1-2-13)12(17)11(15-5-6-15)10(9)14-3-4-14/h4-8H,15H2,1-3H3;7H,1-6H2. The molecule has 4 heterocycles. The van der Waals surface area contributed by atoms with Crippen LogP contribution in [0.1, 0.15) is 16.7 Å². The van der Waals surface area contributed by atoms with Crippen molar-refractivity contribution < 1.29 is 9.59 Å². The van der Waals surface area contributed by atoms with Crippen LogP contribution in [0.3, 0.4) is 0 Å². The van der Waals surface area contributed by atoms with Crippen molar-refractivity contribution in [2.75, 3.05) is 39.3 Å². The van der Waals surface area contributed by atoms with E-state index in [9.17, 15) is 9.59 Å². The minimum absolute atomic E-state index is 0.00546. The molecule has 1 aromatic carbocycles. The van der Waals surface area contributed by atoms with Crippen molar-refractivity contribution in [1.82, 2.24) is 19.7 Å². The number of rotatable bonds is 4. The zero-order valence-electron chi connectivity index (χ0n) is 19.8. The lowest BCUT2D eigenvalue weighted by Crippen LogP contribution is -2.29. The van der Waals surface area contributed by atoms with Gasteiger partial charge in [0.1, 0.15) is 19.2 Å². The number of carbonyl (C=O) groups excluding carboxylic acids is 2. The molecule has 2 aromatic rings. The summed E-state index contributed by atoms with van der Waals surface area (Å²) in [4.78, 5) is 34.7. The summed E-state index contributed by atoms with van der Waals surface area (Å²) in [5, 5.41) is 0. The fraction of sp³-hybridized carbons (Fsp3) is 0.346. The Bertz CT molecular complexity index is 1210. The lowest BCUT2D eigenvalue weighted by Gasteiger charge is -2.21. The predicted octanol–water partition coefficient (Wildman–Crippen LogP) is 1.11. The smallest absolute Gasteiger partial charge is 0.227 e. The molecule has 3 aliphatic heterocycles. The van der Waals surface area contributed by atoms with Gasteiger partial charge in [-0.15, -0.1) is 0 Å². The summed E-state index contributed by atoms with van der Waals surface area (Å²) in [6.07, 6.45) is 5.27. The van der Waals surface area contributed by atoms with E-state index in [1.54, 1.807) is 0 Å². The van der Waals surface area contributed by atoms with Gasteiger partial charge in [0.15, 0.2) is 0 Å². The van der Waals surface area contributed by atoms with E-state index in [0.717, 1.165) is 39.3 Å². The highest BCUT2D eigenvalue weighted by Crippen LogP contribution is 2.34. The molecular weight excluding hydrogens is 411 g/mol.